The number of fused-ring (bicyclic) bond motifs is 9. The van der Waals surface area contributed by atoms with Gasteiger partial charge in [-0.2, -0.15) is 0 Å². The highest BCUT2D eigenvalue weighted by Gasteiger charge is 2.43. The minimum Gasteiger partial charge on any atom is -0.309 e. The molecule has 0 fully saturated rings. The number of nitrogens with zero attached hydrogens (tertiary/aromatic N) is 3. The van der Waals surface area contributed by atoms with Crippen LogP contribution in [-0.2, 0) is 0 Å². The smallest absolute Gasteiger partial charge is 0.181 e. The molecular formula is C66H45N3Si. The van der Waals surface area contributed by atoms with E-state index in [2.05, 4.69) is 287 Å². The standard InChI is InChI=1S/C66H45N3Si/c1-5-22-46(23-6-1)47-42-49(68-62-37-19-15-32-56(62)58-41-40-48(45-64(58)68)67-60-35-17-13-30-54(60)55-31-14-18-36-61(55)67)44-50(43-47)69-63-38-20-16-33-57(63)59-34-21-39-65(66(59)69)70(51-24-7-2-8-25-51,52-26-9-3-10-27-52)53-28-11-4-12-29-53/h1-45H. The number of para-hydroxylation sites is 5. The van der Waals surface area contributed by atoms with Gasteiger partial charge >= 0.3 is 0 Å². The number of aromatic nitrogens is 3. The molecule has 0 bridgehead atoms. The second-order valence-electron chi connectivity index (χ2n) is 18.4. The molecule has 0 saturated carbocycles. The first-order valence-electron chi connectivity index (χ1n) is 24.2. The van der Waals surface area contributed by atoms with Crippen LogP contribution in [0.25, 0.3) is 93.6 Å². The van der Waals surface area contributed by atoms with Gasteiger partial charge in [-0.05, 0) is 86.5 Å². The van der Waals surface area contributed by atoms with E-state index >= 15 is 0 Å². The number of hydrogen-bond donors (Lipinski definition) is 0. The van der Waals surface area contributed by atoms with Crippen LogP contribution < -0.4 is 20.7 Å². The lowest BCUT2D eigenvalue weighted by Gasteiger charge is -2.35. The molecule has 0 atom stereocenters. The van der Waals surface area contributed by atoms with Gasteiger partial charge in [0.15, 0.2) is 8.07 Å². The highest BCUT2D eigenvalue weighted by molar-refractivity contribution is 7.20. The van der Waals surface area contributed by atoms with E-state index in [4.69, 9.17) is 0 Å². The molecule has 328 valence electrons. The van der Waals surface area contributed by atoms with Crippen LogP contribution in [0, 0.1) is 0 Å². The maximum atomic E-state index is 2.59. The summed E-state index contributed by atoms with van der Waals surface area (Å²) >= 11 is 0. The summed E-state index contributed by atoms with van der Waals surface area (Å²) < 4.78 is 7.52. The molecule has 3 nitrogen and oxygen atoms in total. The van der Waals surface area contributed by atoms with E-state index in [1.54, 1.807) is 0 Å². The maximum Gasteiger partial charge on any atom is 0.181 e. The molecule has 70 heavy (non-hydrogen) atoms. The summed E-state index contributed by atoms with van der Waals surface area (Å²) in [5.74, 6) is 0. The number of hydrogen-bond acceptors (Lipinski definition) is 0. The molecule has 0 aliphatic carbocycles. The molecule has 14 aromatic rings. The zero-order chi connectivity index (χ0) is 46.2. The van der Waals surface area contributed by atoms with E-state index in [0.717, 1.165) is 28.1 Å². The molecule has 0 unspecified atom stereocenters. The van der Waals surface area contributed by atoms with Crippen molar-refractivity contribution in [1.29, 1.82) is 0 Å². The molecule has 14 rings (SSSR count). The van der Waals surface area contributed by atoms with Gasteiger partial charge in [-0.25, -0.2) is 0 Å². The van der Waals surface area contributed by atoms with Crippen LogP contribution in [-0.4, -0.2) is 21.8 Å². The first kappa shape index (κ1) is 40.1. The molecule has 0 N–H and O–H groups in total. The lowest BCUT2D eigenvalue weighted by Crippen LogP contribution is -2.75. The first-order chi connectivity index (χ1) is 34.8. The van der Waals surface area contributed by atoms with Gasteiger partial charge in [-0.15, -0.1) is 0 Å². The van der Waals surface area contributed by atoms with Gasteiger partial charge in [0.25, 0.3) is 0 Å². The highest BCUT2D eigenvalue weighted by Crippen LogP contribution is 2.40. The van der Waals surface area contributed by atoms with Crippen molar-refractivity contribution < 1.29 is 0 Å². The predicted octanol–water partition coefficient (Wildman–Crippen LogP) is 14.0. The largest absolute Gasteiger partial charge is 0.309 e. The van der Waals surface area contributed by atoms with Gasteiger partial charge in [0.05, 0.1) is 33.1 Å². The van der Waals surface area contributed by atoms with E-state index in [-0.39, 0.29) is 0 Å². The van der Waals surface area contributed by atoms with Crippen molar-refractivity contribution in [3.05, 3.63) is 273 Å². The minimum atomic E-state index is -3.01. The fraction of sp³-hybridized carbons (Fsp3) is 0. The van der Waals surface area contributed by atoms with Crippen LogP contribution >= 0.6 is 0 Å². The molecule has 0 aliphatic rings. The van der Waals surface area contributed by atoms with Gasteiger partial charge in [-0.3, -0.25) is 0 Å². The monoisotopic (exact) mass is 907 g/mol. The molecule has 4 heteroatoms. The Morgan fingerprint density at radius 1 is 0.229 bits per heavy atom. The molecule has 0 saturated heterocycles. The van der Waals surface area contributed by atoms with Crippen LogP contribution in [0.5, 0.6) is 0 Å². The Kier molecular flexibility index (Phi) is 9.23. The Morgan fingerprint density at radius 2 is 0.614 bits per heavy atom. The summed E-state index contributed by atoms with van der Waals surface area (Å²) in [6.07, 6.45) is 0. The average molecular weight is 908 g/mol. The highest BCUT2D eigenvalue weighted by atomic mass is 28.3. The second kappa shape index (κ2) is 16.1. The zero-order valence-corrected chi connectivity index (χ0v) is 39.3. The quantitative estimate of drug-likeness (QED) is 0.107. The van der Waals surface area contributed by atoms with E-state index in [1.165, 1.54) is 86.2 Å². The van der Waals surface area contributed by atoms with Crippen molar-refractivity contribution in [2.24, 2.45) is 0 Å². The Hall–Kier alpha value is -8.96. The summed E-state index contributed by atoms with van der Waals surface area (Å²) in [5, 5.41) is 12.8. The third-order valence-electron chi connectivity index (χ3n) is 14.7. The molecule has 0 amide bonds. The molecule has 0 aliphatic heterocycles. The van der Waals surface area contributed by atoms with Crippen LogP contribution in [0.15, 0.2) is 273 Å². The molecule has 0 radical (unpaired) electrons. The van der Waals surface area contributed by atoms with Crippen LogP contribution in [0.2, 0.25) is 0 Å². The van der Waals surface area contributed by atoms with E-state index in [0.29, 0.717) is 0 Å². The Balaban J connectivity index is 1.11. The maximum absolute atomic E-state index is 3.01. The molecule has 3 aromatic heterocycles. The lowest BCUT2D eigenvalue weighted by molar-refractivity contribution is 1.13. The zero-order valence-electron chi connectivity index (χ0n) is 38.3. The second-order valence-corrected chi connectivity index (χ2v) is 22.2. The van der Waals surface area contributed by atoms with Crippen molar-refractivity contribution in [2.75, 3.05) is 0 Å². The van der Waals surface area contributed by atoms with E-state index < -0.39 is 8.07 Å². The van der Waals surface area contributed by atoms with Gasteiger partial charge in [0, 0.05) is 49.4 Å². The lowest BCUT2D eigenvalue weighted by atomic mass is 10.0. The van der Waals surface area contributed by atoms with Gasteiger partial charge < -0.3 is 13.7 Å². The van der Waals surface area contributed by atoms with Gasteiger partial charge in [0.2, 0.25) is 0 Å². The topological polar surface area (TPSA) is 14.8 Å². The first-order valence-corrected chi connectivity index (χ1v) is 26.2. The fourth-order valence-corrected chi connectivity index (χ4v) is 16.8. The van der Waals surface area contributed by atoms with E-state index in [1.807, 2.05) is 0 Å². The fourth-order valence-electron chi connectivity index (χ4n) is 11.8. The summed E-state index contributed by atoms with van der Waals surface area (Å²) in [5.41, 5.74) is 12.8. The van der Waals surface area contributed by atoms with Crippen molar-refractivity contribution in [3.8, 4) is 28.2 Å². The normalized spacial score (nSPS) is 12.0. The average Bonchev–Trinajstić information content (AvgIpc) is 4.08. The Labute approximate surface area is 407 Å². The summed E-state index contributed by atoms with van der Waals surface area (Å²) in [7, 11) is -3.01. The van der Waals surface area contributed by atoms with Crippen molar-refractivity contribution in [1.82, 2.24) is 13.7 Å². The minimum absolute atomic E-state index is 1.10. The van der Waals surface area contributed by atoms with Crippen LogP contribution in [0.1, 0.15) is 0 Å². The van der Waals surface area contributed by atoms with Crippen molar-refractivity contribution in [3.63, 3.8) is 0 Å². The number of rotatable bonds is 8. The van der Waals surface area contributed by atoms with Crippen LogP contribution in [0.3, 0.4) is 0 Å². The van der Waals surface area contributed by atoms with Crippen molar-refractivity contribution >= 4 is 94.2 Å². The van der Waals surface area contributed by atoms with Crippen LogP contribution in [0.4, 0.5) is 0 Å². The van der Waals surface area contributed by atoms with E-state index in [9.17, 15) is 0 Å². The SMILES string of the molecule is c1ccc(-c2cc(-n3c4ccccc4c4ccc(-n5c6ccccc6c6ccccc65)cc43)cc(-n3c4ccccc4c4cccc([Si](c5ccccc5)(c5ccccc5)c5ccccc5)c43)c2)cc1. The summed E-state index contributed by atoms with van der Waals surface area (Å²) in [6, 6.07) is 102. The Bertz CT molecular complexity index is 4130. The molecule has 3 heterocycles. The molecular weight excluding hydrogens is 863 g/mol. The van der Waals surface area contributed by atoms with Gasteiger partial charge in [0.1, 0.15) is 0 Å². The third-order valence-corrected chi connectivity index (χ3v) is 19.6. The summed E-state index contributed by atoms with van der Waals surface area (Å²) in [4.78, 5) is 0. The van der Waals surface area contributed by atoms with Crippen molar-refractivity contribution in [2.45, 2.75) is 0 Å². The molecule has 11 aromatic carbocycles. The van der Waals surface area contributed by atoms with Gasteiger partial charge in [-0.1, -0.05) is 218 Å². The Morgan fingerprint density at radius 3 is 1.13 bits per heavy atom. The summed E-state index contributed by atoms with van der Waals surface area (Å²) in [6.45, 7) is 0. The third kappa shape index (κ3) is 6.00. The number of benzene rings is 11. The molecule has 0 spiro atoms. The predicted molar refractivity (Wildman–Crippen MR) is 299 cm³/mol.